The summed E-state index contributed by atoms with van der Waals surface area (Å²) in [5, 5.41) is 4.87. The van der Waals surface area contributed by atoms with E-state index in [9.17, 15) is 0 Å². The minimum atomic E-state index is 0.246. The lowest BCUT2D eigenvalue weighted by atomic mass is 10.1. The van der Waals surface area contributed by atoms with Crippen LogP contribution in [0, 0.1) is 0 Å². The number of aromatic nitrogens is 2. The molecule has 94 valence electrons. The minimum Gasteiger partial charge on any atom is -0.313 e. The van der Waals surface area contributed by atoms with Crippen molar-refractivity contribution in [3.8, 4) is 0 Å². The Morgan fingerprint density at radius 1 is 1.33 bits per heavy atom. The first-order valence-corrected chi connectivity index (χ1v) is 6.80. The summed E-state index contributed by atoms with van der Waals surface area (Å²) in [6, 6.07) is 8.20. The average Bonchev–Trinajstić information content (AvgIpc) is 2.39. The highest BCUT2D eigenvalue weighted by molar-refractivity contribution is 7.99. The predicted molar refractivity (Wildman–Crippen MR) is 75.1 cm³/mol. The number of nitrogens with one attached hydrogen (secondary N) is 1. The van der Waals surface area contributed by atoms with Gasteiger partial charge >= 0.3 is 0 Å². The van der Waals surface area contributed by atoms with Crippen LogP contribution in [0.1, 0.15) is 18.5 Å². The van der Waals surface area contributed by atoms with E-state index in [1.54, 1.807) is 24.3 Å². The van der Waals surface area contributed by atoms with Gasteiger partial charge in [-0.2, -0.15) is 0 Å². The summed E-state index contributed by atoms with van der Waals surface area (Å²) in [5.74, 6) is 0. The first-order chi connectivity index (χ1) is 8.70. The minimum absolute atomic E-state index is 0.246. The number of nitrogens with zero attached hydrogens (tertiary/aromatic N) is 2. The second-order valence-electron chi connectivity index (χ2n) is 3.84. The molecule has 0 amide bonds. The van der Waals surface area contributed by atoms with E-state index in [1.165, 1.54) is 0 Å². The predicted octanol–water partition coefficient (Wildman–Crippen LogP) is 3.56. The maximum absolute atomic E-state index is 6.28. The first-order valence-electron chi connectivity index (χ1n) is 5.61. The Kier molecular flexibility index (Phi) is 4.58. The highest BCUT2D eigenvalue weighted by Crippen LogP contribution is 2.31. The van der Waals surface area contributed by atoms with Crippen molar-refractivity contribution in [2.75, 3.05) is 7.05 Å². The van der Waals surface area contributed by atoms with Crippen LogP contribution in [0.5, 0.6) is 0 Å². The molecule has 0 aliphatic rings. The number of hydrogen-bond donors (Lipinski definition) is 1. The zero-order valence-corrected chi connectivity index (χ0v) is 11.8. The van der Waals surface area contributed by atoms with Crippen molar-refractivity contribution in [2.24, 2.45) is 0 Å². The van der Waals surface area contributed by atoms with Gasteiger partial charge in [0.05, 0.1) is 0 Å². The van der Waals surface area contributed by atoms with Crippen LogP contribution in [0.3, 0.4) is 0 Å². The fraction of sp³-hybridized carbons (Fsp3) is 0.231. The van der Waals surface area contributed by atoms with Crippen molar-refractivity contribution >= 4 is 23.4 Å². The zero-order valence-electron chi connectivity index (χ0n) is 10.2. The van der Waals surface area contributed by atoms with Gasteiger partial charge in [-0.3, -0.25) is 0 Å². The number of rotatable bonds is 4. The average molecular weight is 280 g/mol. The Balaban J connectivity index is 2.19. The first kappa shape index (κ1) is 13.3. The maximum Gasteiger partial charge on any atom is 0.116 e. The highest BCUT2D eigenvalue weighted by Gasteiger charge is 2.08. The lowest BCUT2D eigenvalue weighted by Crippen LogP contribution is -2.12. The summed E-state index contributed by atoms with van der Waals surface area (Å²) < 4.78 is 0. The Labute approximate surface area is 116 Å². The van der Waals surface area contributed by atoms with Gasteiger partial charge < -0.3 is 5.32 Å². The summed E-state index contributed by atoms with van der Waals surface area (Å²) >= 11 is 7.86. The van der Waals surface area contributed by atoms with Crippen LogP contribution in [0.2, 0.25) is 5.02 Å². The van der Waals surface area contributed by atoms with Crippen LogP contribution < -0.4 is 5.32 Å². The largest absolute Gasteiger partial charge is 0.313 e. The van der Waals surface area contributed by atoms with Crippen molar-refractivity contribution in [3.05, 3.63) is 47.4 Å². The molecule has 18 heavy (non-hydrogen) atoms. The molecule has 1 aromatic carbocycles. The van der Waals surface area contributed by atoms with Crippen LogP contribution in [-0.2, 0) is 0 Å². The van der Waals surface area contributed by atoms with Gasteiger partial charge in [0.1, 0.15) is 11.4 Å². The van der Waals surface area contributed by atoms with E-state index in [-0.39, 0.29) is 6.04 Å². The van der Waals surface area contributed by atoms with Gasteiger partial charge in [0.2, 0.25) is 0 Å². The Hall–Kier alpha value is -1.10. The second-order valence-corrected chi connectivity index (χ2v) is 5.34. The fourth-order valence-corrected chi connectivity index (χ4v) is 2.73. The van der Waals surface area contributed by atoms with Crippen LogP contribution in [0.15, 0.2) is 46.7 Å². The van der Waals surface area contributed by atoms with Gasteiger partial charge in [-0.25, -0.2) is 9.97 Å². The van der Waals surface area contributed by atoms with E-state index in [4.69, 9.17) is 11.6 Å². The molecular formula is C13H14ClN3S. The van der Waals surface area contributed by atoms with E-state index in [2.05, 4.69) is 28.3 Å². The number of benzene rings is 1. The molecular weight excluding hydrogens is 266 g/mol. The molecule has 1 N–H and O–H groups in total. The van der Waals surface area contributed by atoms with Crippen LogP contribution in [0.4, 0.5) is 0 Å². The smallest absolute Gasteiger partial charge is 0.116 e. The maximum atomic E-state index is 6.28. The molecule has 0 spiro atoms. The summed E-state index contributed by atoms with van der Waals surface area (Å²) in [4.78, 5) is 9.14. The quantitative estimate of drug-likeness (QED) is 0.869. The van der Waals surface area contributed by atoms with E-state index in [0.29, 0.717) is 0 Å². The summed E-state index contributed by atoms with van der Waals surface area (Å²) in [5.41, 5.74) is 1.10. The molecule has 1 heterocycles. The van der Waals surface area contributed by atoms with Crippen LogP contribution >= 0.6 is 23.4 Å². The van der Waals surface area contributed by atoms with Crippen molar-refractivity contribution < 1.29 is 0 Å². The standard InChI is InChI=1S/C13H14ClN3S/c1-9(15-2)11-4-3-10(7-12(11)14)18-13-5-6-16-8-17-13/h3-9,15H,1-2H3. The molecule has 2 aromatic rings. The molecule has 0 saturated carbocycles. The lowest BCUT2D eigenvalue weighted by Gasteiger charge is -2.13. The molecule has 0 bridgehead atoms. The molecule has 3 nitrogen and oxygen atoms in total. The van der Waals surface area contributed by atoms with Gasteiger partial charge in [-0.1, -0.05) is 29.4 Å². The van der Waals surface area contributed by atoms with Gasteiger partial charge in [0.15, 0.2) is 0 Å². The molecule has 0 radical (unpaired) electrons. The molecule has 1 atom stereocenters. The van der Waals surface area contributed by atoms with Gasteiger partial charge in [-0.15, -0.1) is 0 Å². The topological polar surface area (TPSA) is 37.8 Å². The molecule has 5 heteroatoms. The van der Waals surface area contributed by atoms with Gasteiger partial charge in [0.25, 0.3) is 0 Å². The van der Waals surface area contributed by atoms with E-state index >= 15 is 0 Å². The molecule has 1 unspecified atom stereocenters. The third-order valence-electron chi connectivity index (χ3n) is 2.65. The molecule has 0 aliphatic heterocycles. The normalized spacial score (nSPS) is 12.4. The number of halogens is 1. The van der Waals surface area contributed by atoms with Gasteiger partial charge in [0, 0.05) is 22.2 Å². The molecule has 0 fully saturated rings. The Bertz CT molecular complexity index is 519. The van der Waals surface area contributed by atoms with Crippen molar-refractivity contribution in [1.82, 2.24) is 15.3 Å². The van der Waals surface area contributed by atoms with E-state index in [0.717, 1.165) is 20.5 Å². The third-order valence-corrected chi connectivity index (χ3v) is 3.92. The molecule has 2 rings (SSSR count). The molecule has 1 aromatic heterocycles. The number of hydrogen-bond acceptors (Lipinski definition) is 4. The van der Waals surface area contributed by atoms with Crippen molar-refractivity contribution in [1.29, 1.82) is 0 Å². The molecule has 0 aliphatic carbocycles. The zero-order chi connectivity index (χ0) is 13.0. The fourth-order valence-electron chi connectivity index (χ4n) is 1.54. The van der Waals surface area contributed by atoms with E-state index < -0.39 is 0 Å². The lowest BCUT2D eigenvalue weighted by molar-refractivity contribution is 0.652. The van der Waals surface area contributed by atoms with Crippen LogP contribution in [0.25, 0.3) is 0 Å². The Morgan fingerprint density at radius 3 is 2.78 bits per heavy atom. The highest BCUT2D eigenvalue weighted by atomic mass is 35.5. The van der Waals surface area contributed by atoms with Crippen molar-refractivity contribution in [2.45, 2.75) is 22.9 Å². The van der Waals surface area contributed by atoms with E-state index in [1.807, 2.05) is 25.2 Å². The summed E-state index contributed by atoms with van der Waals surface area (Å²) in [6.07, 6.45) is 3.27. The Morgan fingerprint density at radius 2 is 2.17 bits per heavy atom. The summed E-state index contributed by atoms with van der Waals surface area (Å²) in [7, 11) is 1.92. The van der Waals surface area contributed by atoms with Crippen LogP contribution in [-0.4, -0.2) is 17.0 Å². The van der Waals surface area contributed by atoms with Crippen molar-refractivity contribution in [3.63, 3.8) is 0 Å². The monoisotopic (exact) mass is 279 g/mol. The van der Waals surface area contributed by atoms with Gasteiger partial charge in [-0.05, 0) is 37.7 Å². The SMILES string of the molecule is CNC(C)c1ccc(Sc2ccncn2)cc1Cl. The third kappa shape index (κ3) is 3.22. The molecule has 0 saturated heterocycles. The summed E-state index contributed by atoms with van der Waals surface area (Å²) in [6.45, 7) is 2.08. The second kappa shape index (κ2) is 6.18.